The number of carbonyl (C=O) groups is 1. The number of ether oxygens (including phenoxy) is 1. The number of thioether (sulfide) groups is 1. The average molecular weight is 274 g/mol. The third-order valence-electron chi connectivity index (χ3n) is 2.87. The van der Waals surface area contributed by atoms with E-state index in [0.717, 1.165) is 45.7 Å². The lowest BCUT2D eigenvalue weighted by Gasteiger charge is -2.21. The zero-order chi connectivity index (χ0) is 13.1. The fourth-order valence-electron chi connectivity index (χ4n) is 1.86. The molecular weight excluding hydrogens is 248 g/mol. The van der Waals surface area contributed by atoms with Gasteiger partial charge in [-0.25, -0.2) is 0 Å². The Bertz CT molecular complexity index is 221. The number of hydrogen-bond acceptors (Lipinski definition) is 4. The largest absolute Gasteiger partial charge is 0.381 e. The van der Waals surface area contributed by atoms with Crippen molar-refractivity contribution in [3.8, 4) is 0 Å². The third-order valence-corrected chi connectivity index (χ3v) is 4.24. The van der Waals surface area contributed by atoms with Crippen LogP contribution in [0.3, 0.4) is 0 Å². The maximum absolute atomic E-state index is 11.6. The van der Waals surface area contributed by atoms with E-state index in [1.165, 1.54) is 12.8 Å². The minimum Gasteiger partial charge on any atom is -0.381 e. The Morgan fingerprint density at radius 1 is 1.39 bits per heavy atom. The molecule has 0 aromatic heterocycles. The van der Waals surface area contributed by atoms with E-state index in [1.54, 1.807) is 11.8 Å². The minimum absolute atomic E-state index is 0.161. The van der Waals surface area contributed by atoms with Crippen LogP contribution in [0.4, 0.5) is 0 Å². The van der Waals surface area contributed by atoms with Crippen molar-refractivity contribution in [1.29, 1.82) is 0 Å². The van der Waals surface area contributed by atoms with Gasteiger partial charge in [0, 0.05) is 25.0 Å². The van der Waals surface area contributed by atoms with Crippen molar-refractivity contribution in [2.45, 2.75) is 37.9 Å². The molecule has 0 unspecified atom stereocenters. The van der Waals surface area contributed by atoms with Gasteiger partial charge in [0.2, 0.25) is 5.91 Å². The number of nitrogens with one attached hydrogen (secondary N) is 2. The van der Waals surface area contributed by atoms with Gasteiger partial charge in [-0.2, -0.15) is 0 Å². The van der Waals surface area contributed by atoms with Gasteiger partial charge in [0.05, 0.1) is 5.75 Å². The van der Waals surface area contributed by atoms with Crippen molar-refractivity contribution in [3.63, 3.8) is 0 Å². The molecule has 1 aliphatic heterocycles. The van der Waals surface area contributed by atoms with E-state index in [4.69, 9.17) is 4.74 Å². The molecule has 1 rings (SSSR count). The number of carbonyl (C=O) groups excluding carboxylic acids is 1. The SMILES string of the molecule is CCCOCCCNC(=O)CSC1CCNCC1. The van der Waals surface area contributed by atoms with E-state index < -0.39 is 0 Å². The van der Waals surface area contributed by atoms with Crippen molar-refractivity contribution >= 4 is 17.7 Å². The van der Waals surface area contributed by atoms with Crippen LogP contribution in [0.1, 0.15) is 32.6 Å². The highest BCUT2D eigenvalue weighted by molar-refractivity contribution is 8.00. The average Bonchev–Trinajstić information content (AvgIpc) is 2.41. The molecule has 1 amide bonds. The summed E-state index contributed by atoms with van der Waals surface area (Å²) < 4.78 is 5.36. The van der Waals surface area contributed by atoms with Crippen molar-refractivity contribution in [2.75, 3.05) is 38.6 Å². The van der Waals surface area contributed by atoms with E-state index in [-0.39, 0.29) is 5.91 Å². The third kappa shape index (κ3) is 7.95. The lowest BCUT2D eigenvalue weighted by molar-refractivity contribution is -0.118. The molecule has 1 aliphatic rings. The second-order valence-electron chi connectivity index (χ2n) is 4.58. The van der Waals surface area contributed by atoms with Crippen LogP contribution in [0.25, 0.3) is 0 Å². The predicted octanol–water partition coefficient (Wildman–Crippen LogP) is 1.40. The highest BCUT2D eigenvalue weighted by atomic mass is 32.2. The van der Waals surface area contributed by atoms with E-state index in [0.29, 0.717) is 11.0 Å². The first-order valence-electron chi connectivity index (χ1n) is 6.99. The maximum atomic E-state index is 11.6. The topological polar surface area (TPSA) is 50.4 Å². The van der Waals surface area contributed by atoms with Gasteiger partial charge in [0.25, 0.3) is 0 Å². The second-order valence-corrected chi connectivity index (χ2v) is 5.86. The summed E-state index contributed by atoms with van der Waals surface area (Å²) in [5.74, 6) is 0.759. The number of piperidine rings is 1. The molecular formula is C13H26N2O2S. The Morgan fingerprint density at radius 3 is 2.89 bits per heavy atom. The second kappa shape index (κ2) is 10.6. The van der Waals surface area contributed by atoms with Crippen LogP contribution >= 0.6 is 11.8 Å². The summed E-state index contributed by atoms with van der Waals surface area (Å²) in [4.78, 5) is 11.6. The summed E-state index contributed by atoms with van der Waals surface area (Å²) >= 11 is 1.79. The standard InChI is InChI=1S/C13H26N2O2S/c1-2-9-17-10-3-6-15-13(16)11-18-12-4-7-14-8-5-12/h12,14H,2-11H2,1H3,(H,15,16). The van der Waals surface area contributed by atoms with Crippen LogP contribution < -0.4 is 10.6 Å². The van der Waals surface area contributed by atoms with Crippen LogP contribution in [0, 0.1) is 0 Å². The van der Waals surface area contributed by atoms with Crippen LogP contribution in [-0.2, 0) is 9.53 Å². The minimum atomic E-state index is 0.161. The Hall–Kier alpha value is -0.260. The highest BCUT2D eigenvalue weighted by Crippen LogP contribution is 2.19. The molecule has 0 atom stereocenters. The summed E-state index contributed by atoms with van der Waals surface area (Å²) in [5.41, 5.74) is 0. The van der Waals surface area contributed by atoms with E-state index in [1.807, 2.05) is 0 Å². The van der Waals surface area contributed by atoms with Crippen molar-refractivity contribution in [3.05, 3.63) is 0 Å². The fourth-order valence-corrected chi connectivity index (χ4v) is 2.91. The molecule has 1 fully saturated rings. The Kier molecular flexibility index (Phi) is 9.34. The van der Waals surface area contributed by atoms with Gasteiger partial charge in [0.15, 0.2) is 0 Å². The molecule has 5 heteroatoms. The monoisotopic (exact) mass is 274 g/mol. The van der Waals surface area contributed by atoms with Gasteiger partial charge in [0.1, 0.15) is 0 Å². The van der Waals surface area contributed by atoms with Crippen LogP contribution in [0.15, 0.2) is 0 Å². The van der Waals surface area contributed by atoms with Crippen LogP contribution in [0.2, 0.25) is 0 Å². The molecule has 4 nitrogen and oxygen atoms in total. The highest BCUT2D eigenvalue weighted by Gasteiger charge is 2.14. The first-order chi connectivity index (χ1) is 8.83. The summed E-state index contributed by atoms with van der Waals surface area (Å²) in [6.07, 6.45) is 4.33. The lowest BCUT2D eigenvalue weighted by Crippen LogP contribution is -2.31. The molecule has 106 valence electrons. The van der Waals surface area contributed by atoms with Gasteiger partial charge >= 0.3 is 0 Å². The molecule has 0 radical (unpaired) electrons. The number of hydrogen-bond donors (Lipinski definition) is 2. The summed E-state index contributed by atoms with van der Waals surface area (Å²) in [7, 11) is 0. The van der Waals surface area contributed by atoms with E-state index in [9.17, 15) is 4.79 Å². The van der Waals surface area contributed by atoms with E-state index >= 15 is 0 Å². The Labute approximate surface area is 115 Å². The maximum Gasteiger partial charge on any atom is 0.230 e. The van der Waals surface area contributed by atoms with Crippen molar-refractivity contribution in [1.82, 2.24) is 10.6 Å². The number of amides is 1. The van der Waals surface area contributed by atoms with Crippen molar-refractivity contribution < 1.29 is 9.53 Å². The molecule has 0 spiro atoms. The Morgan fingerprint density at radius 2 is 2.17 bits per heavy atom. The Balaban J connectivity index is 1.90. The number of rotatable bonds is 9. The molecule has 1 saturated heterocycles. The first kappa shape index (κ1) is 15.8. The molecule has 0 bridgehead atoms. The molecule has 1 heterocycles. The summed E-state index contributed by atoms with van der Waals surface area (Å²) in [6.45, 7) is 6.58. The molecule has 2 N–H and O–H groups in total. The normalized spacial score (nSPS) is 16.7. The zero-order valence-corrected chi connectivity index (χ0v) is 12.2. The van der Waals surface area contributed by atoms with E-state index in [2.05, 4.69) is 17.6 Å². The fraction of sp³-hybridized carbons (Fsp3) is 0.923. The molecule has 0 saturated carbocycles. The lowest BCUT2D eigenvalue weighted by atomic mass is 10.2. The summed E-state index contributed by atoms with van der Waals surface area (Å²) in [5, 5.41) is 6.93. The molecule has 18 heavy (non-hydrogen) atoms. The quantitative estimate of drug-likeness (QED) is 0.624. The van der Waals surface area contributed by atoms with Gasteiger partial charge < -0.3 is 15.4 Å². The molecule has 0 aliphatic carbocycles. The van der Waals surface area contributed by atoms with Gasteiger partial charge in [-0.1, -0.05) is 6.92 Å². The van der Waals surface area contributed by atoms with Gasteiger partial charge in [-0.05, 0) is 38.8 Å². The smallest absolute Gasteiger partial charge is 0.230 e. The predicted molar refractivity (Wildman–Crippen MR) is 77.1 cm³/mol. The van der Waals surface area contributed by atoms with Crippen LogP contribution in [-0.4, -0.2) is 49.8 Å². The summed E-state index contributed by atoms with van der Waals surface area (Å²) in [6, 6.07) is 0. The molecule has 0 aromatic carbocycles. The first-order valence-corrected chi connectivity index (χ1v) is 8.04. The van der Waals surface area contributed by atoms with Crippen molar-refractivity contribution in [2.24, 2.45) is 0 Å². The van der Waals surface area contributed by atoms with Gasteiger partial charge in [-0.3, -0.25) is 4.79 Å². The molecule has 0 aromatic rings. The van der Waals surface area contributed by atoms with Crippen LogP contribution in [0.5, 0.6) is 0 Å². The zero-order valence-electron chi connectivity index (χ0n) is 11.4. The van der Waals surface area contributed by atoms with Gasteiger partial charge in [-0.15, -0.1) is 11.8 Å².